The Morgan fingerprint density at radius 3 is 2.74 bits per heavy atom. The molecule has 1 aromatic heterocycles. The fourth-order valence-corrected chi connectivity index (χ4v) is 1.51. The van der Waals surface area contributed by atoms with Crippen LogP contribution in [-0.2, 0) is 4.74 Å². The number of carbonyl (C=O) groups is 1. The Bertz CT molecular complexity index is 551. The summed E-state index contributed by atoms with van der Waals surface area (Å²) < 4.78 is 11.8. The van der Waals surface area contributed by atoms with E-state index < -0.39 is 5.97 Å². The van der Waals surface area contributed by atoms with Crippen molar-refractivity contribution in [2.45, 2.75) is 6.92 Å². The smallest absolute Gasteiger partial charge is 0.360 e. The van der Waals surface area contributed by atoms with Gasteiger partial charge >= 0.3 is 5.97 Å². The van der Waals surface area contributed by atoms with Crippen LogP contribution in [0.5, 0.6) is 5.75 Å². The highest BCUT2D eigenvalue weighted by Gasteiger charge is 2.17. The zero-order valence-electron chi connectivity index (χ0n) is 10.4. The van der Waals surface area contributed by atoms with E-state index in [0.717, 1.165) is 5.69 Å². The predicted molar refractivity (Wildman–Crippen MR) is 67.6 cm³/mol. The van der Waals surface area contributed by atoms with Crippen LogP contribution in [-0.4, -0.2) is 34.3 Å². The van der Waals surface area contributed by atoms with Gasteiger partial charge in [-0.15, -0.1) is 0 Å². The fourth-order valence-electron chi connectivity index (χ4n) is 1.51. The second-order valence-electron chi connectivity index (χ2n) is 3.68. The van der Waals surface area contributed by atoms with E-state index in [4.69, 9.17) is 14.6 Å². The number of hydrogen-bond donors (Lipinski definition) is 1. The van der Waals surface area contributed by atoms with Gasteiger partial charge in [0.15, 0.2) is 12.5 Å². The van der Waals surface area contributed by atoms with Crippen molar-refractivity contribution < 1.29 is 19.4 Å². The van der Waals surface area contributed by atoms with Crippen LogP contribution in [0.3, 0.4) is 0 Å². The van der Waals surface area contributed by atoms with Crippen molar-refractivity contribution in [3.63, 3.8) is 0 Å². The topological polar surface area (TPSA) is 73.6 Å². The summed E-state index contributed by atoms with van der Waals surface area (Å²) in [6.45, 7) is 2.32. The van der Waals surface area contributed by atoms with Crippen molar-refractivity contribution in [1.29, 1.82) is 0 Å². The molecule has 0 atom stereocenters. The first-order chi connectivity index (χ1) is 9.22. The van der Waals surface area contributed by atoms with Gasteiger partial charge in [-0.3, -0.25) is 0 Å². The highest BCUT2D eigenvalue weighted by atomic mass is 16.7. The van der Waals surface area contributed by atoms with Crippen LogP contribution in [0.25, 0.3) is 5.69 Å². The number of benzene rings is 1. The summed E-state index contributed by atoms with van der Waals surface area (Å²) in [7, 11) is 0. The maximum Gasteiger partial charge on any atom is 0.360 e. The van der Waals surface area contributed by atoms with Crippen LogP contribution in [0, 0.1) is 0 Å². The van der Waals surface area contributed by atoms with Crippen LogP contribution in [0.2, 0.25) is 0 Å². The van der Waals surface area contributed by atoms with Gasteiger partial charge in [-0.2, -0.15) is 5.10 Å². The quantitative estimate of drug-likeness (QED) is 0.636. The van der Waals surface area contributed by atoms with Gasteiger partial charge in [-0.1, -0.05) is 18.2 Å². The molecule has 0 aliphatic rings. The third-order valence-electron chi connectivity index (χ3n) is 2.41. The lowest BCUT2D eigenvalue weighted by atomic mass is 10.3. The molecule has 0 spiro atoms. The minimum absolute atomic E-state index is 0.00272. The molecule has 0 aliphatic carbocycles. The van der Waals surface area contributed by atoms with Gasteiger partial charge in [0.2, 0.25) is 5.69 Å². The van der Waals surface area contributed by atoms with E-state index in [2.05, 4.69) is 5.10 Å². The van der Waals surface area contributed by atoms with E-state index in [0.29, 0.717) is 6.61 Å². The normalized spacial score (nSPS) is 10.4. The molecule has 0 unspecified atom stereocenters. The third kappa shape index (κ3) is 3.11. The largest absolute Gasteiger partial charge is 0.476 e. The van der Waals surface area contributed by atoms with E-state index in [-0.39, 0.29) is 18.2 Å². The molecule has 0 fully saturated rings. The van der Waals surface area contributed by atoms with Crippen LogP contribution in [0.4, 0.5) is 0 Å². The summed E-state index contributed by atoms with van der Waals surface area (Å²) in [5.41, 5.74) is 0.625. The maximum absolute atomic E-state index is 11.1. The fraction of sp³-hybridized carbons (Fsp3) is 0.231. The van der Waals surface area contributed by atoms with E-state index in [9.17, 15) is 4.79 Å². The molecule has 0 bridgehead atoms. The average Bonchev–Trinajstić information content (AvgIpc) is 2.84. The summed E-state index contributed by atoms with van der Waals surface area (Å²) in [6.07, 6.45) is 1.53. The van der Waals surface area contributed by atoms with Gasteiger partial charge in [0.1, 0.15) is 0 Å². The van der Waals surface area contributed by atoms with Crippen molar-refractivity contribution in [3.8, 4) is 11.4 Å². The summed E-state index contributed by atoms with van der Waals surface area (Å²) in [6, 6.07) is 9.21. The monoisotopic (exact) mass is 262 g/mol. The third-order valence-corrected chi connectivity index (χ3v) is 2.41. The van der Waals surface area contributed by atoms with E-state index in [1.807, 2.05) is 37.3 Å². The number of carboxylic acid groups (broad SMARTS) is 1. The van der Waals surface area contributed by atoms with Crippen LogP contribution >= 0.6 is 0 Å². The Morgan fingerprint density at radius 1 is 1.37 bits per heavy atom. The Morgan fingerprint density at radius 2 is 2.11 bits per heavy atom. The Labute approximate surface area is 110 Å². The molecule has 0 saturated heterocycles. The van der Waals surface area contributed by atoms with Gasteiger partial charge in [0, 0.05) is 6.61 Å². The molecule has 100 valence electrons. The number of ether oxygens (including phenoxy) is 2. The summed E-state index contributed by atoms with van der Waals surface area (Å²) in [5, 5.41) is 13.1. The molecule has 2 aromatic rings. The zero-order valence-corrected chi connectivity index (χ0v) is 10.4. The van der Waals surface area contributed by atoms with Gasteiger partial charge in [0.25, 0.3) is 0 Å². The molecular formula is C13H14N2O4. The van der Waals surface area contributed by atoms with E-state index in [1.54, 1.807) is 0 Å². The zero-order chi connectivity index (χ0) is 13.7. The molecule has 0 amide bonds. The molecule has 19 heavy (non-hydrogen) atoms. The van der Waals surface area contributed by atoms with Crippen molar-refractivity contribution in [2.75, 3.05) is 13.4 Å². The lowest BCUT2D eigenvalue weighted by molar-refractivity contribution is 0.0213. The van der Waals surface area contributed by atoms with Gasteiger partial charge in [0.05, 0.1) is 11.9 Å². The van der Waals surface area contributed by atoms with Gasteiger partial charge in [-0.05, 0) is 19.1 Å². The van der Waals surface area contributed by atoms with Crippen molar-refractivity contribution in [3.05, 3.63) is 42.2 Å². The number of carboxylic acids is 1. The molecule has 0 aliphatic heterocycles. The Kier molecular flexibility index (Phi) is 4.15. The first-order valence-electron chi connectivity index (χ1n) is 5.81. The molecule has 0 saturated carbocycles. The standard InChI is InChI=1S/C13H14N2O4/c1-2-18-9-19-11-8-15(14-12(11)13(16)17)10-6-4-3-5-7-10/h3-8H,2,9H2,1H3,(H,16,17). The number of hydrogen-bond acceptors (Lipinski definition) is 4. The summed E-state index contributed by atoms with van der Waals surface area (Å²) >= 11 is 0. The highest BCUT2D eigenvalue weighted by Crippen LogP contribution is 2.19. The lowest BCUT2D eigenvalue weighted by Gasteiger charge is -2.03. The summed E-state index contributed by atoms with van der Waals surface area (Å²) in [5.74, 6) is -0.953. The highest BCUT2D eigenvalue weighted by molar-refractivity contribution is 5.88. The van der Waals surface area contributed by atoms with Gasteiger partial charge < -0.3 is 14.6 Å². The second kappa shape index (κ2) is 6.01. The molecule has 2 rings (SSSR count). The first-order valence-corrected chi connectivity index (χ1v) is 5.81. The predicted octanol–water partition coefficient (Wildman–Crippen LogP) is 1.94. The Balaban J connectivity index is 2.27. The minimum Gasteiger partial charge on any atom is -0.476 e. The molecule has 6 nitrogen and oxygen atoms in total. The minimum atomic E-state index is -1.14. The Hall–Kier alpha value is -2.34. The van der Waals surface area contributed by atoms with Crippen LogP contribution in [0.15, 0.2) is 36.5 Å². The summed E-state index contributed by atoms with van der Waals surface area (Å²) in [4.78, 5) is 11.1. The number of rotatable bonds is 6. The van der Waals surface area contributed by atoms with Crippen molar-refractivity contribution in [2.24, 2.45) is 0 Å². The molecule has 1 N–H and O–H groups in total. The van der Waals surface area contributed by atoms with E-state index in [1.165, 1.54) is 10.9 Å². The van der Waals surface area contributed by atoms with Crippen molar-refractivity contribution >= 4 is 5.97 Å². The second-order valence-corrected chi connectivity index (χ2v) is 3.68. The van der Waals surface area contributed by atoms with Crippen LogP contribution < -0.4 is 4.74 Å². The molecule has 0 radical (unpaired) electrons. The van der Waals surface area contributed by atoms with E-state index >= 15 is 0 Å². The van der Waals surface area contributed by atoms with Gasteiger partial charge in [-0.25, -0.2) is 9.48 Å². The first kappa shape index (κ1) is 13.1. The molecular weight excluding hydrogens is 248 g/mol. The molecule has 1 heterocycles. The van der Waals surface area contributed by atoms with Crippen LogP contribution in [0.1, 0.15) is 17.4 Å². The number of nitrogens with zero attached hydrogens (tertiary/aromatic N) is 2. The van der Waals surface area contributed by atoms with Crippen molar-refractivity contribution in [1.82, 2.24) is 9.78 Å². The SMILES string of the molecule is CCOCOc1cn(-c2ccccc2)nc1C(=O)O. The number of aromatic carboxylic acids is 1. The molecule has 6 heteroatoms. The lowest BCUT2D eigenvalue weighted by Crippen LogP contribution is -2.06. The number of aromatic nitrogens is 2. The maximum atomic E-state index is 11.1. The average molecular weight is 262 g/mol. The number of para-hydroxylation sites is 1. The molecule has 1 aromatic carbocycles.